The molecule has 0 aliphatic rings. The minimum Gasteiger partial charge on any atom is -0.506 e. The zero-order chi connectivity index (χ0) is 21.8. The summed E-state index contributed by atoms with van der Waals surface area (Å²) in [6.45, 7) is 2.58. The lowest BCUT2D eigenvalue weighted by Crippen LogP contribution is -2.19. The van der Waals surface area contributed by atoms with Crippen molar-refractivity contribution in [2.24, 2.45) is 0 Å². The van der Waals surface area contributed by atoms with E-state index in [1.807, 2.05) is 24.3 Å². The standard InChI is InChI=1S/C22H21Cl2NO5.ClH/c1-12-15-9-18(24)20(27)17(11-25-8-7-13-3-5-14(23)6-4-13)21(15)30-22(28)16(12)10-19(26)29-2;/h3-6,9,25,27H,7-8,10-11H2,1-2H3;1H. The maximum absolute atomic E-state index is 12.5. The summed E-state index contributed by atoms with van der Waals surface area (Å²) in [7, 11) is 1.25. The fourth-order valence-corrected chi connectivity index (χ4v) is 3.57. The quantitative estimate of drug-likeness (QED) is 0.289. The van der Waals surface area contributed by atoms with Gasteiger partial charge in [0.2, 0.25) is 0 Å². The number of esters is 1. The molecule has 3 aromatic rings. The van der Waals surface area contributed by atoms with E-state index < -0.39 is 11.6 Å². The van der Waals surface area contributed by atoms with E-state index in [4.69, 9.17) is 27.6 Å². The van der Waals surface area contributed by atoms with Gasteiger partial charge in [0.15, 0.2) is 0 Å². The van der Waals surface area contributed by atoms with Crippen molar-refractivity contribution in [1.82, 2.24) is 5.32 Å². The number of nitrogens with one attached hydrogen (secondary N) is 1. The molecule has 0 saturated heterocycles. The minimum absolute atomic E-state index is 0. The van der Waals surface area contributed by atoms with Crippen LogP contribution in [0.1, 0.15) is 22.3 Å². The van der Waals surface area contributed by atoms with Crippen molar-refractivity contribution >= 4 is 52.5 Å². The molecule has 0 atom stereocenters. The second-order valence-electron chi connectivity index (χ2n) is 6.86. The largest absolute Gasteiger partial charge is 0.506 e. The van der Waals surface area contributed by atoms with Crippen molar-refractivity contribution in [2.75, 3.05) is 13.7 Å². The highest BCUT2D eigenvalue weighted by atomic mass is 35.5. The summed E-state index contributed by atoms with van der Waals surface area (Å²) in [5.41, 5.74) is 1.87. The fourth-order valence-electron chi connectivity index (χ4n) is 3.22. The van der Waals surface area contributed by atoms with Crippen LogP contribution in [0.2, 0.25) is 10.0 Å². The highest BCUT2D eigenvalue weighted by Crippen LogP contribution is 2.36. The summed E-state index contributed by atoms with van der Waals surface area (Å²) in [6, 6.07) is 9.08. The molecule has 0 fully saturated rings. The molecule has 0 aliphatic carbocycles. The summed E-state index contributed by atoms with van der Waals surface area (Å²) >= 11 is 12.1. The SMILES string of the molecule is COC(=O)Cc1c(C)c2cc(Cl)c(O)c(CNCCc3ccc(Cl)cc3)c2oc1=O.Cl. The van der Waals surface area contributed by atoms with Crippen LogP contribution in [0.25, 0.3) is 11.0 Å². The first kappa shape index (κ1) is 25.0. The van der Waals surface area contributed by atoms with Gasteiger partial charge in [-0.05, 0) is 49.2 Å². The third kappa shape index (κ3) is 5.71. The van der Waals surface area contributed by atoms with Gasteiger partial charge in [-0.1, -0.05) is 35.3 Å². The molecular weight excluding hydrogens is 465 g/mol. The maximum atomic E-state index is 12.5. The van der Waals surface area contributed by atoms with E-state index in [0.29, 0.717) is 28.1 Å². The number of hydrogen-bond acceptors (Lipinski definition) is 6. The molecule has 0 amide bonds. The number of aromatic hydroxyl groups is 1. The monoisotopic (exact) mass is 485 g/mol. The van der Waals surface area contributed by atoms with E-state index in [9.17, 15) is 14.7 Å². The van der Waals surface area contributed by atoms with Crippen LogP contribution in [-0.2, 0) is 28.9 Å². The van der Waals surface area contributed by atoms with Crippen molar-refractivity contribution in [3.05, 3.63) is 73.1 Å². The van der Waals surface area contributed by atoms with Gasteiger partial charge in [-0.15, -0.1) is 12.4 Å². The number of ether oxygens (including phenoxy) is 1. The number of hydrogen-bond donors (Lipinski definition) is 2. The Labute approximate surface area is 195 Å². The summed E-state index contributed by atoms with van der Waals surface area (Å²) < 4.78 is 10.1. The topological polar surface area (TPSA) is 88.8 Å². The first-order valence-electron chi connectivity index (χ1n) is 9.30. The highest BCUT2D eigenvalue weighted by Gasteiger charge is 2.20. The molecule has 1 heterocycles. The predicted molar refractivity (Wildman–Crippen MR) is 124 cm³/mol. The smallest absolute Gasteiger partial charge is 0.340 e. The Kier molecular flexibility index (Phi) is 8.77. The van der Waals surface area contributed by atoms with E-state index in [1.54, 1.807) is 6.92 Å². The van der Waals surface area contributed by atoms with Crippen molar-refractivity contribution in [3.8, 4) is 5.75 Å². The van der Waals surface area contributed by atoms with Crippen molar-refractivity contribution in [1.29, 1.82) is 0 Å². The normalized spacial score (nSPS) is 10.7. The number of aryl methyl sites for hydroxylation is 1. The van der Waals surface area contributed by atoms with Gasteiger partial charge in [0.1, 0.15) is 11.3 Å². The molecule has 0 saturated carbocycles. The van der Waals surface area contributed by atoms with Gasteiger partial charge in [-0.2, -0.15) is 0 Å². The first-order chi connectivity index (χ1) is 14.3. The Morgan fingerprint density at radius 2 is 1.87 bits per heavy atom. The van der Waals surface area contributed by atoms with Crippen LogP contribution in [0.5, 0.6) is 5.75 Å². The Hall–Kier alpha value is -2.25. The van der Waals surface area contributed by atoms with Gasteiger partial charge >= 0.3 is 11.6 Å². The van der Waals surface area contributed by atoms with Crippen LogP contribution < -0.4 is 10.9 Å². The van der Waals surface area contributed by atoms with Crippen LogP contribution in [0.3, 0.4) is 0 Å². The number of rotatable bonds is 7. The predicted octanol–water partition coefficient (Wildman–Crippen LogP) is 4.58. The number of methoxy groups -OCH3 is 1. The van der Waals surface area contributed by atoms with Gasteiger partial charge in [0.25, 0.3) is 0 Å². The maximum Gasteiger partial charge on any atom is 0.340 e. The zero-order valence-corrected chi connectivity index (χ0v) is 19.3. The van der Waals surface area contributed by atoms with Gasteiger partial charge in [-0.25, -0.2) is 4.79 Å². The lowest BCUT2D eigenvalue weighted by molar-refractivity contribution is -0.139. The second kappa shape index (κ2) is 10.9. The van der Waals surface area contributed by atoms with Crippen molar-refractivity contribution in [3.63, 3.8) is 0 Å². The summed E-state index contributed by atoms with van der Waals surface area (Å²) in [4.78, 5) is 24.1. The Bertz CT molecular complexity index is 1140. The summed E-state index contributed by atoms with van der Waals surface area (Å²) in [6.07, 6.45) is 0.552. The zero-order valence-electron chi connectivity index (χ0n) is 17.0. The lowest BCUT2D eigenvalue weighted by atomic mass is 10.0. The van der Waals surface area contributed by atoms with Crippen molar-refractivity contribution in [2.45, 2.75) is 26.3 Å². The number of benzene rings is 2. The highest BCUT2D eigenvalue weighted by molar-refractivity contribution is 6.33. The Morgan fingerprint density at radius 3 is 2.52 bits per heavy atom. The molecule has 0 bridgehead atoms. The number of carbonyl (C=O) groups excluding carboxylic acids is 1. The van der Waals surface area contributed by atoms with E-state index in [-0.39, 0.29) is 47.3 Å². The second-order valence-corrected chi connectivity index (χ2v) is 7.71. The van der Waals surface area contributed by atoms with Crippen molar-refractivity contribution < 1.29 is 19.1 Å². The first-order valence-corrected chi connectivity index (χ1v) is 10.1. The average molecular weight is 487 g/mol. The molecule has 2 aromatic carbocycles. The number of fused-ring (bicyclic) bond motifs is 1. The number of halogens is 3. The van der Waals surface area contributed by atoms with Crippen LogP contribution in [0, 0.1) is 6.92 Å². The molecule has 31 heavy (non-hydrogen) atoms. The molecule has 0 aliphatic heterocycles. The molecule has 0 unspecified atom stereocenters. The lowest BCUT2D eigenvalue weighted by Gasteiger charge is -2.14. The Balaban J connectivity index is 0.00000341. The van der Waals surface area contributed by atoms with Crippen LogP contribution >= 0.6 is 35.6 Å². The van der Waals surface area contributed by atoms with E-state index >= 15 is 0 Å². The molecular formula is C22H22Cl3NO5. The van der Waals surface area contributed by atoms with Gasteiger partial charge < -0.3 is 19.6 Å². The molecule has 1 aromatic heterocycles. The average Bonchev–Trinajstić information content (AvgIpc) is 2.73. The van der Waals surface area contributed by atoms with Gasteiger partial charge in [-0.3, -0.25) is 4.79 Å². The molecule has 0 radical (unpaired) electrons. The van der Waals surface area contributed by atoms with Gasteiger partial charge in [0, 0.05) is 17.0 Å². The number of carbonyl (C=O) groups is 1. The molecule has 6 nitrogen and oxygen atoms in total. The van der Waals surface area contributed by atoms with Crippen LogP contribution in [-0.4, -0.2) is 24.7 Å². The fraction of sp³-hybridized carbons (Fsp3) is 0.273. The van der Waals surface area contributed by atoms with Crippen LogP contribution in [0.15, 0.2) is 39.5 Å². The molecule has 3 rings (SSSR count). The minimum atomic E-state index is -0.644. The van der Waals surface area contributed by atoms with Crippen LogP contribution in [0.4, 0.5) is 0 Å². The Morgan fingerprint density at radius 1 is 1.19 bits per heavy atom. The van der Waals surface area contributed by atoms with E-state index in [0.717, 1.165) is 12.0 Å². The third-order valence-corrected chi connectivity index (χ3v) is 5.49. The van der Waals surface area contributed by atoms with E-state index in [1.165, 1.54) is 13.2 Å². The summed E-state index contributed by atoms with van der Waals surface area (Å²) in [5.74, 6) is -0.690. The van der Waals surface area contributed by atoms with Gasteiger partial charge in [0.05, 0.1) is 29.7 Å². The number of phenolic OH excluding ortho intramolecular Hbond substituents is 1. The molecule has 0 spiro atoms. The number of phenols is 1. The molecule has 2 N–H and O–H groups in total. The summed E-state index contributed by atoms with van der Waals surface area (Å²) in [5, 5.41) is 15.1. The van der Waals surface area contributed by atoms with E-state index in [2.05, 4.69) is 10.1 Å². The molecule has 9 heteroatoms. The third-order valence-electron chi connectivity index (χ3n) is 4.95. The molecule has 166 valence electrons.